The Bertz CT molecular complexity index is 109. The maximum atomic E-state index is 9.66. The first kappa shape index (κ1) is 12.2. The molecule has 0 N–H and O–H groups in total. The van der Waals surface area contributed by atoms with Gasteiger partial charge in [0.05, 0.1) is 0 Å². The van der Waals surface area contributed by atoms with E-state index in [1.165, 1.54) is 0 Å². The zero-order valence-corrected chi connectivity index (χ0v) is 6.13. The number of carboxylic acids is 2. The standard InChI is InChI=1S/C5H8O4.Co/c6-4(7)2-1-3-5(8)9;/h1-3H2,(H,6,7)(H,8,9);/q;+2/p-2. The molecule has 0 aliphatic rings. The van der Waals surface area contributed by atoms with E-state index in [4.69, 9.17) is 0 Å². The third-order valence-electron chi connectivity index (χ3n) is 0.762. The molecule has 0 saturated carbocycles. The van der Waals surface area contributed by atoms with Crippen LogP contribution in [0.25, 0.3) is 0 Å². The average molecular weight is 189 g/mol. The van der Waals surface area contributed by atoms with E-state index in [1.54, 1.807) is 0 Å². The number of carbonyl (C=O) groups is 2. The molecule has 0 amide bonds. The summed E-state index contributed by atoms with van der Waals surface area (Å²) in [7, 11) is 0. The van der Waals surface area contributed by atoms with Gasteiger partial charge < -0.3 is 19.8 Å². The van der Waals surface area contributed by atoms with Gasteiger partial charge in [0, 0.05) is 11.9 Å². The van der Waals surface area contributed by atoms with E-state index in [0.717, 1.165) is 0 Å². The number of hydrogen-bond donors (Lipinski definition) is 0. The Morgan fingerprint density at radius 3 is 1.50 bits per heavy atom. The van der Waals surface area contributed by atoms with Crippen molar-refractivity contribution in [3.8, 4) is 0 Å². The molecule has 0 aromatic heterocycles. The molecule has 0 heterocycles. The molecule has 0 atom stereocenters. The largest absolute Gasteiger partial charge is 2.00 e. The summed E-state index contributed by atoms with van der Waals surface area (Å²) in [5.41, 5.74) is 0. The van der Waals surface area contributed by atoms with Crippen molar-refractivity contribution in [2.24, 2.45) is 0 Å². The molecule has 0 rings (SSSR count). The van der Waals surface area contributed by atoms with E-state index >= 15 is 0 Å². The van der Waals surface area contributed by atoms with Crippen molar-refractivity contribution in [1.29, 1.82) is 0 Å². The molecular weight excluding hydrogens is 183 g/mol. The van der Waals surface area contributed by atoms with Gasteiger partial charge in [-0.25, -0.2) is 0 Å². The fraction of sp³-hybridized carbons (Fsp3) is 0.600. The number of hydrogen-bond acceptors (Lipinski definition) is 4. The fourth-order valence-corrected chi connectivity index (χ4v) is 0.377. The molecule has 0 fully saturated rings. The Morgan fingerprint density at radius 1 is 1.00 bits per heavy atom. The fourth-order valence-electron chi connectivity index (χ4n) is 0.377. The third kappa shape index (κ3) is 10.4. The summed E-state index contributed by atoms with van der Waals surface area (Å²) in [5.74, 6) is -2.45. The Balaban J connectivity index is 0. The number of rotatable bonds is 4. The minimum Gasteiger partial charge on any atom is -0.550 e. The Hall–Kier alpha value is -0.554. The van der Waals surface area contributed by atoms with E-state index in [0.29, 0.717) is 0 Å². The zero-order valence-electron chi connectivity index (χ0n) is 5.09. The maximum Gasteiger partial charge on any atom is 2.00 e. The topological polar surface area (TPSA) is 80.3 Å². The van der Waals surface area contributed by atoms with Gasteiger partial charge in [-0.15, -0.1) is 0 Å². The molecule has 0 unspecified atom stereocenters. The molecule has 5 heteroatoms. The van der Waals surface area contributed by atoms with Gasteiger partial charge in [0.2, 0.25) is 0 Å². The summed E-state index contributed by atoms with van der Waals surface area (Å²) in [5, 5.41) is 19.3. The van der Waals surface area contributed by atoms with Gasteiger partial charge >= 0.3 is 16.8 Å². The number of carboxylic acid groups (broad SMARTS) is 2. The molecule has 0 aliphatic carbocycles. The molecule has 10 heavy (non-hydrogen) atoms. The van der Waals surface area contributed by atoms with Gasteiger partial charge in [-0.1, -0.05) is 0 Å². The van der Waals surface area contributed by atoms with E-state index in [2.05, 4.69) is 0 Å². The monoisotopic (exact) mass is 189 g/mol. The summed E-state index contributed by atoms with van der Waals surface area (Å²) in [4.78, 5) is 19.3. The van der Waals surface area contributed by atoms with Gasteiger partial charge in [-0.3, -0.25) is 0 Å². The van der Waals surface area contributed by atoms with Crippen LogP contribution in [0.5, 0.6) is 0 Å². The summed E-state index contributed by atoms with van der Waals surface area (Å²) < 4.78 is 0. The van der Waals surface area contributed by atoms with Gasteiger partial charge in [0.1, 0.15) is 0 Å². The van der Waals surface area contributed by atoms with Crippen molar-refractivity contribution in [2.45, 2.75) is 19.3 Å². The van der Waals surface area contributed by atoms with Crippen molar-refractivity contribution in [3.63, 3.8) is 0 Å². The molecule has 0 aromatic carbocycles. The summed E-state index contributed by atoms with van der Waals surface area (Å²) in [6.45, 7) is 0. The van der Waals surface area contributed by atoms with Crippen LogP contribution >= 0.6 is 0 Å². The van der Waals surface area contributed by atoms with Gasteiger partial charge in [-0.05, 0) is 19.3 Å². The van der Waals surface area contributed by atoms with E-state index in [1.807, 2.05) is 0 Å². The van der Waals surface area contributed by atoms with Crippen LogP contribution in [0.3, 0.4) is 0 Å². The van der Waals surface area contributed by atoms with Crippen LogP contribution in [-0.2, 0) is 26.4 Å². The normalized spacial score (nSPS) is 8.00. The van der Waals surface area contributed by atoms with Crippen LogP contribution in [0.15, 0.2) is 0 Å². The smallest absolute Gasteiger partial charge is 0.550 e. The number of carbonyl (C=O) groups excluding carboxylic acids is 2. The quantitative estimate of drug-likeness (QED) is 0.496. The van der Waals surface area contributed by atoms with Crippen molar-refractivity contribution < 1.29 is 36.6 Å². The Kier molecular flexibility index (Phi) is 7.98. The molecule has 0 bridgehead atoms. The summed E-state index contributed by atoms with van der Waals surface area (Å²) in [6.07, 6.45) is -0.341. The van der Waals surface area contributed by atoms with Crippen molar-refractivity contribution >= 4 is 11.9 Å². The second-order valence-electron chi connectivity index (χ2n) is 1.60. The van der Waals surface area contributed by atoms with E-state index in [-0.39, 0.29) is 36.0 Å². The van der Waals surface area contributed by atoms with Crippen LogP contribution < -0.4 is 10.2 Å². The molecule has 0 saturated heterocycles. The minimum atomic E-state index is -1.23. The van der Waals surface area contributed by atoms with Crippen LogP contribution in [0.4, 0.5) is 0 Å². The van der Waals surface area contributed by atoms with E-state index in [9.17, 15) is 19.8 Å². The molecule has 1 radical (unpaired) electrons. The van der Waals surface area contributed by atoms with Crippen LogP contribution in [0.1, 0.15) is 19.3 Å². The number of aliphatic carboxylic acids is 2. The van der Waals surface area contributed by atoms with E-state index < -0.39 is 11.9 Å². The maximum absolute atomic E-state index is 9.66. The van der Waals surface area contributed by atoms with Crippen LogP contribution in [-0.4, -0.2) is 11.9 Å². The molecular formula is C5H6CoO4. The van der Waals surface area contributed by atoms with Crippen LogP contribution in [0, 0.1) is 0 Å². The molecule has 4 nitrogen and oxygen atoms in total. The first-order valence-corrected chi connectivity index (χ1v) is 2.52. The Morgan fingerprint density at radius 2 is 1.30 bits per heavy atom. The molecule has 59 valence electrons. The van der Waals surface area contributed by atoms with Crippen LogP contribution in [0.2, 0.25) is 0 Å². The predicted molar refractivity (Wildman–Crippen MR) is 23.9 cm³/mol. The average Bonchev–Trinajstić information content (AvgIpc) is 1.63. The SMILES string of the molecule is O=C([O-])CCCC(=O)[O-].[Co+2]. The van der Waals surface area contributed by atoms with Gasteiger partial charge in [0.15, 0.2) is 0 Å². The summed E-state index contributed by atoms with van der Waals surface area (Å²) >= 11 is 0. The minimum absolute atomic E-state index is 0. The zero-order chi connectivity index (χ0) is 7.28. The van der Waals surface area contributed by atoms with Gasteiger partial charge in [0.25, 0.3) is 0 Å². The second-order valence-corrected chi connectivity index (χ2v) is 1.60. The second kappa shape index (κ2) is 6.56. The molecule has 0 spiro atoms. The first-order chi connectivity index (χ1) is 4.13. The summed E-state index contributed by atoms with van der Waals surface area (Å²) in [6, 6.07) is 0. The molecule has 0 aromatic rings. The van der Waals surface area contributed by atoms with Crippen molar-refractivity contribution in [3.05, 3.63) is 0 Å². The molecule has 0 aliphatic heterocycles. The van der Waals surface area contributed by atoms with Crippen molar-refractivity contribution in [1.82, 2.24) is 0 Å². The van der Waals surface area contributed by atoms with Crippen molar-refractivity contribution in [2.75, 3.05) is 0 Å². The third-order valence-corrected chi connectivity index (χ3v) is 0.762. The van der Waals surface area contributed by atoms with Gasteiger partial charge in [-0.2, -0.15) is 0 Å². The Labute approximate surface area is 68.4 Å². The first-order valence-electron chi connectivity index (χ1n) is 2.52. The predicted octanol–water partition coefficient (Wildman–Crippen LogP) is -2.35.